The number of amides is 1. The Hall–Kier alpha value is -2.11. The minimum atomic E-state index is -0.765. The highest BCUT2D eigenvalue weighted by Crippen LogP contribution is 2.28. The highest BCUT2D eigenvalue weighted by atomic mass is 79.9. The first-order valence-electron chi connectivity index (χ1n) is 8.61. The summed E-state index contributed by atoms with van der Waals surface area (Å²) in [5, 5.41) is 14.0. The molecule has 2 N–H and O–H groups in total. The number of hydrogen-bond acceptors (Lipinski definition) is 3. The van der Waals surface area contributed by atoms with Crippen molar-refractivity contribution in [2.24, 2.45) is 0 Å². The molecule has 1 aromatic heterocycles. The SMILES string of the molecule is Cc1c(C(=O)NCC(O)c2ccc(C(C)C)cc2)oc2cc(Br)ccc12. The van der Waals surface area contributed by atoms with Crippen LogP contribution in [0.4, 0.5) is 0 Å². The third-order valence-electron chi connectivity index (χ3n) is 4.55. The summed E-state index contributed by atoms with van der Waals surface area (Å²) in [5.74, 6) is 0.394. The van der Waals surface area contributed by atoms with E-state index in [4.69, 9.17) is 4.42 Å². The van der Waals surface area contributed by atoms with E-state index in [9.17, 15) is 9.90 Å². The Morgan fingerprint density at radius 1 is 1.15 bits per heavy atom. The Morgan fingerprint density at radius 2 is 1.81 bits per heavy atom. The normalized spacial score (nSPS) is 12.5. The maximum absolute atomic E-state index is 12.5. The van der Waals surface area contributed by atoms with E-state index in [0.717, 1.165) is 21.0 Å². The summed E-state index contributed by atoms with van der Waals surface area (Å²) >= 11 is 3.40. The summed E-state index contributed by atoms with van der Waals surface area (Å²) in [5.41, 5.74) is 3.45. The maximum Gasteiger partial charge on any atom is 0.287 e. The van der Waals surface area contributed by atoms with Crippen LogP contribution in [0.5, 0.6) is 0 Å². The van der Waals surface area contributed by atoms with Crippen molar-refractivity contribution < 1.29 is 14.3 Å². The molecule has 1 amide bonds. The second kappa shape index (κ2) is 7.64. The average molecular weight is 416 g/mol. The number of furan rings is 1. The van der Waals surface area contributed by atoms with Crippen LogP contribution in [0, 0.1) is 6.92 Å². The van der Waals surface area contributed by atoms with Crippen LogP contribution in [0.3, 0.4) is 0 Å². The average Bonchev–Trinajstić information content (AvgIpc) is 2.95. The fourth-order valence-corrected chi connectivity index (χ4v) is 3.25. The lowest BCUT2D eigenvalue weighted by Gasteiger charge is -2.13. The van der Waals surface area contributed by atoms with Crippen LogP contribution in [0.1, 0.15) is 53.1 Å². The van der Waals surface area contributed by atoms with Gasteiger partial charge < -0.3 is 14.8 Å². The summed E-state index contributed by atoms with van der Waals surface area (Å²) in [6.07, 6.45) is -0.765. The molecular formula is C21H22BrNO3. The molecule has 3 aromatic rings. The Kier molecular flexibility index (Phi) is 5.49. The maximum atomic E-state index is 12.5. The first-order chi connectivity index (χ1) is 12.4. The molecule has 1 heterocycles. The van der Waals surface area contributed by atoms with Crippen molar-refractivity contribution in [3.63, 3.8) is 0 Å². The lowest BCUT2D eigenvalue weighted by Crippen LogP contribution is -2.28. The number of aliphatic hydroxyl groups excluding tert-OH is 1. The van der Waals surface area contributed by atoms with E-state index in [-0.39, 0.29) is 18.2 Å². The molecule has 0 fully saturated rings. The minimum absolute atomic E-state index is 0.125. The summed E-state index contributed by atoms with van der Waals surface area (Å²) in [7, 11) is 0. The molecule has 1 atom stereocenters. The Labute approximate surface area is 161 Å². The van der Waals surface area contributed by atoms with Crippen molar-refractivity contribution in [2.45, 2.75) is 32.8 Å². The standard InChI is InChI=1S/C21H22BrNO3/c1-12(2)14-4-6-15(7-5-14)18(24)11-23-21(25)20-13(3)17-9-8-16(22)10-19(17)26-20/h4-10,12,18,24H,11H2,1-3H3,(H,23,25). The van der Waals surface area contributed by atoms with Crippen molar-refractivity contribution in [1.29, 1.82) is 0 Å². The van der Waals surface area contributed by atoms with E-state index in [1.54, 1.807) is 0 Å². The highest BCUT2D eigenvalue weighted by Gasteiger charge is 2.19. The molecule has 5 heteroatoms. The van der Waals surface area contributed by atoms with Gasteiger partial charge in [0.1, 0.15) is 5.58 Å². The van der Waals surface area contributed by atoms with Gasteiger partial charge in [-0.15, -0.1) is 0 Å². The predicted octanol–water partition coefficient (Wildman–Crippen LogP) is 5.09. The molecule has 2 aromatic carbocycles. The molecule has 4 nitrogen and oxygen atoms in total. The number of aryl methyl sites for hydroxylation is 1. The van der Waals surface area contributed by atoms with E-state index in [1.807, 2.05) is 49.4 Å². The Balaban J connectivity index is 1.69. The fourth-order valence-electron chi connectivity index (χ4n) is 2.91. The molecule has 0 bridgehead atoms. The van der Waals surface area contributed by atoms with Crippen molar-refractivity contribution in [1.82, 2.24) is 5.32 Å². The monoisotopic (exact) mass is 415 g/mol. The third-order valence-corrected chi connectivity index (χ3v) is 5.04. The molecule has 0 spiro atoms. The fraction of sp³-hybridized carbons (Fsp3) is 0.286. The largest absolute Gasteiger partial charge is 0.451 e. The van der Waals surface area contributed by atoms with Crippen LogP contribution in [-0.2, 0) is 0 Å². The molecule has 0 saturated heterocycles. The van der Waals surface area contributed by atoms with Gasteiger partial charge >= 0.3 is 0 Å². The van der Waals surface area contributed by atoms with E-state index >= 15 is 0 Å². The Morgan fingerprint density at radius 3 is 2.46 bits per heavy atom. The highest BCUT2D eigenvalue weighted by molar-refractivity contribution is 9.10. The number of fused-ring (bicyclic) bond motifs is 1. The third kappa shape index (κ3) is 3.84. The molecule has 136 valence electrons. The van der Waals surface area contributed by atoms with Crippen LogP contribution in [-0.4, -0.2) is 17.6 Å². The van der Waals surface area contributed by atoms with Gasteiger partial charge in [0.2, 0.25) is 0 Å². The predicted molar refractivity (Wildman–Crippen MR) is 106 cm³/mol. The van der Waals surface area contributed by atoms with E-state index in [1.165, 1.54) is 5.56 Å². The molecule has 0 aliphatic heterocycles. The van der Waals surface area contributed by atoms with Crippen molar-refractivity contribution >= 4 is 32.8 Å². The number of aliphatic hydroxyl groups is 1. The zero-order chi connectivity index (χ0) is 18.8. The van der Waals surface area contributed by atoms with Crippen LogP contribution < -0.4 is 5.32 Å². The van der Waals surface area contributed by atoms with E-state index in [2.05, 4.69) is 35.1 Å². The number of benzene rings is 2. The summed E-state index contributed by atoms with van der Waals surface area (Å²) < 4.78 is 6.59. The zero-order valence-corrected chi connectivity index (χ0v) is 16.6. The summed E-state index contributed by atoms with van der Waals surface area (Å²) in [6.45, 7) is 6.23. The zero-order valence-electron chi connectivity index (χ0n) is 15.0. The molecule has 1 unspecified atom stereocenters. The summed E-state index contributed by atoms with van der Waals surface area (Å²) in [4.78, 5) is 12.5. The molecule has 0 radical (unpaired) electrons. The van der Waals surface area contributed by atoms with Crippen LogP contribution in [0.25, 0.3) is 11.0 Å². The number of rotatable bonds is 5. The van der Waals surface area contributed by atoms with E-state index in [0.29, 0.717) is 11.5 Å². The van der Waals surface area contributed by atoms with Crippen molar-refractivity contribution in [2.75, 3.05) is 6.54 Å². The van der Waals surface area contributed by atoms with Crippen molar-refractivity contribution in [3.05, 3.63) is 69.4 Å². The quantitative estimate of drug-likeness (QED) is 0.609. The van der Waals surface area contributed by atoms with Gasteiger partial charge in [0.25, 0.3) is 5.91 Å². The van der Waals surface area contributed by atoms with Gasteiger partial charge in [0.05, 0.1) is 6.10 Å². The molecule has 3 rings (SSSR count). The molecule has 0 aliphatic rings. The van der Waals surface area contributed by atoms with Crippen LogP contribution in [0.15, 0.2) is 51.4 Å². The number of carbonyl (C=O) groups is 1. The van der Waals surface area contributed by atoms with Crippen molar-refractivity contribution in [3.8, 4) is 0 Å². The van der Waals surface area contributed by atoms with E-state index < -0.39 is 6.10 Å². The number of carbonyl (C=O) groups excluding carboxylic acids is 1. The topological polar surface area (TPSA) is 62.5 Å². The van der Waals surface area contributed by atoms with Gasteiger partial charge in [-0.3, -0.25) is 4.79 Å². The minimum Gasteiger partial charge on any atom is -0.451 e. The Bertz CT molecular complexity index is 928. The number of nitrogens with one attached hydrogen (secondary N) is 1. The van der Waals surface area contributed by atoms with Gasteiger partial charge in [0, 0.05) is 22.0 Å². The first kappa shape index (κ1) is 18.7. The molecular weight excluding hydrogens is 394 g/mol. The second-order valence-corrected chi connectivity index (χ2v) is 7.66. The lowest BCUT2D eigenvalue weighted by molar-refractivity contribution is 0.0890. The smallest absolute Gasteiger partial charge is 0.287 e. The van der Waals surface area contributed by atoms with Gasteiger partial charge in [0.15, 0.2) is 5.76 Å². The second-order valence-electron chi connectivity index (χ2n) is 6.74. The van der Waals surface area contributed by atoms with Crippen LogP contribution in [0.2, 0.25) is 0 Å². The van der Waals surface area contributed by atoms with Gasteiger partial charge in [-0.2, -0.15) is 0 Å². The van der Waals surface area contributed by atoms with Gasteiger partial charge in [-0.05, 0) is 42.2 Å². The van der Waals surface area contributed by atoms with Gasteiger partial charge in [-0.25, -0.2) is 0 Å². The van der Waals surface area contributed by atoms with Gasteiger partial charge in [-0.1, -0.05) is 54.0 Å². The molecule has 0 saturated carbocycles. The summed E-state index contributed by atoms with van der Waals surface area (Å²) in [6, 6.07) is 13.5. The number of hydrogen-bond donors (Lipinski definition) is 2. The van der Waals surface area contributed by atoms with Crippen LogP contribution >= 0.6 is 15.9 Å². The number of halogens is 1. The first-order valence-corrected chi connectivity index (χ1v) is 9.41. The molecule has 26 heavy (non-hydrogen) atoms. The molecule has 0 aliphatic carbocycles. The lowest BCUT2D eigenvalue weighted by atomic mass is 10.00.